The van der Waals surface area contributed by atoms with Crippen molar-refractivity contribution in [2.45, 2.75) is 153 Å². The van der Waals surface area contributed by atoms with Gasteiger partial charge in [0.05, 0.1) is 74.8 Å². The summed E-state index contributed by atoms with van der Waals surface area (Å²) >= 11 is 16.9. The average molecular weight is 1190 g/mol. The first-order valence-corrected chi connectivity index (χ1v) is 28.5. The molecule has 6 aromatic rings. The second-order valence-electron chi connectivity index (χ2n) is 21.5. The number of rotatable bonds is 10. The molecule has 0 N–H and O–H groups in total. The third-order valence-electron chi connectivity index (χ3n) is 14.7. The summed E-state index contributed by atoms with van der Waals surface area (Å²) < 4.78 is 8.64. The Balaban J connectivity index is 0.000000194. The highest BCUT2D eigenvalue weighted by Gasteiger charge is 2.65. The van der Waals surface area contributed by atoms with Crippen LogP contribution in [0, 0.1) is 13.8 Å². The lowest BCUT2D eigenvalue weighted by Gasteiger charge is -2.22. The van der Waals surface area contributed by atoms with Gasteiger partial charge in [-0.2, -0.15) is 0 Å². The predicted octanol–water partition coefficient (Wildman–Crippen LogP) is 18.9. The Bertz CT molecular complexity index is 3150. The van der Waals surface area contributed by atoms with Gasteiger partial charge in [0, 0.05) is 63.7 Å². The van der Waals surface area contributed by atoms with E-state index in [2.05, 4.69) is 302 Å². The van der Waals surface area contributed by atoms with Crippen LogP contribution in [0.3, 0.4) is 0 Å². The molecule has 0 radical (unpaired) electrons. The number of benzene rings is 6. The van der Waals surface area contributed by atoms with Crippen molar-refractivity contribution in [3.63, 3.8) is 0 Å². The van der Waals surface area contributed by atoms with Crippen LogP contribution in [0.4, 0.5) is 22.7 Å². The number of fused-ring (bicyclic) bond motifs is 3. The van der Waals surface area contributed by atoms with E-state index in [9.17, 15) is 0 Å². The molecule has 8 heteroatoms. The van der Waals surface area contributed by atoms with Gasteiger partial charge in [-0.15, -0.1) is 18.3 Å². The number of hydrogen-bond acceptors (Lipinski definition) is 0. The van der Waals surface area contributed by atoms with Gasteiger partial charge in [0.15, 0.2) is 0 Å². The maximum Gasteiger partial charge on any atom is 0.473 e. The van der Waals surface area contributed by atoms with Gasteiger partial charge in [-0.1, -0.05) is 180 Å². The zero-order valence-electron chi connectivity index (χ0n) is 44.2. The number of nitrogens with zero attached hydrogens (tertiary/aromatic N) is 4. The first-order valence-electron chi connectivity index (χ1n) is 25.3. The fourth-order valence-corrected chi connectivity index (χ4v) is 14.4. The fraction of sp³-hybridized carbons (Fsp3) is 0.387. The molecule has 0 fully saturated rings. The molecular formula is C62H72Br4N4+4. The van der Waals surface area contributed by atoms with Gasteiger partial charge < -0.3 is 0 Å². The van der Waals surface area contributed by atoms with Crippen molar-refractivity contribution >= 4 is 120 Å². The van der Waals surface area contributed by atoms with Crippen LogP contribution in [-0.2, 0) is 0 Å². The maximum absolute atomic E-state index is 4.32. The van der Waals surface area contributed by atoms with Gasteiger partial charge in [0.25, 0.3) is 22.8 Å². The molecule has 0 amide bonds. The first-order chi connectivity index (χ1) is 33.0. The summed E-state index contributed by atoms with van der Waals surface area (Å²) in [6, 6.07) is 40.4. The van der Waals surface area contributed by atoms with Crippen LogP contribution < -0.4 is 0 Å². The molecule has 0 spiro atoms. The SMILES string of the molecule is CC1=[N+](c2c(C)cccc2C(C)C)C(Br)(Br)[N+](c2c(C(C)C)cccc2C(C)C)=C1C.Cc1cccc(C(C)C)c1[N+]1=C2C(=[N+](c3c(C(C)C)cccc3C(C)C)C1(Br)Br)c1cccc3cccc2c13. The second kappa shape index (κ2) is 19.9. The lowest BCUT2D eigenvalue weighted by Crippen LogP contribution is -2.36. The van der Waals surface area contributed by atoms with E-state index in [-0.39, 0.29) is 0 Å². The molecule has 1 aliphatic carbocycles. The zero-order valence-corrected chi connectivity index (χ0v) is 50.5. The molecule has 0 unspecified atom stereocenters. The van der Waals surface area contributed by atoms with E-state index < -0.39 is 6.96 Å². The van der Waals surface area contributed by atoms with E-state index in [4.69, 9.17) is 0 Å². The monoisotopic (exact) mass is 1190 g/mol. The third-order valence-corrected chi connectivity index (χ3v) is 17.6. The van der Waals surface area contributed by atoms with Crippen LogP contribution in [0.15, 0.2) is 109 Å². The molecule has 4 nitrogen and oxygen atoms in total. The molecule has 0 saturated heterocycles. The molecular weight excluding hydrogens is 1120 g/mol. The fourth-order valence-electron chi connectivity index (χ4n) is 11.2. The van der Waals surface area contributed by atoms with Crippen LogP contribution >= 0.6 is 63.7 Å². The summed E-state index contributed by atoms with van der Waals surface area (Å²) in [7, 11) is 0. The number of para-hydroxylation sites is 4. The molecule has 9 rings (SSSR count). The minimum Gasteiger partial charge on any atom is -0.105 e. The van der Waals surface area contributed by atoms with E-state index in [1.807, 2.05) is 0 Å². The normalized spacial score (nSPS) is 16.2. The van der Waals surface area contributed by atoms with Crippen molar-refractivity contribution in [3.8, 4) is 0 Å². The summed E-state index contributed by atoms with van der Waals surface area (Å²) in [5.74, 6) is 2.41. The summed E-state index contributed by atoms with van der Waals surface area (Å²) in [6.07, 6.45) is 0. The van der Waals surface area contributed by atoms with Crippen molar-refractivity contribution in [1.82, 2.24) is 0 Å². The average Bonchev–Trinajstić information content (AvgIpc) is 3.80. The van der Waals surface area contributed by atoms with E-state index >= 15 is 0 Å². The van der Waals surface area contributed by atoms with Gasteiger partial charge in [-0.25, -0.2) is 0 Å². The maximum atomic E-state index is 4.32. The molecule has 0 aromatic heterocycles. The molecule has 2 heterocycles. The molecule has 2 aliphatic heterocycles. The topological polar surface area (TPSA) is 12.0 Å². The first kappa shape index (κ1) is 52.5. The van der Waals surface area contributed by atoms with Gasteiger partial charge in [-0.3, -0.25) is 0 Å². The summed E-state index contributed by atoms with van der Waals surface area (Å²) in [5, 5.41) is 2.62. The number of alkyl halides is 4. The third kappa shape index (κ3) is 8.64. The van der Waals surface area contributed by atoms with E-state index in [0.29, 0.717) is 35.5 Å². The number of halogens is 4. The van der Waals surface area contributed by atoms with Crippen LogP contribution in [0.1, 0.15) is 188 Å². The van der Waals surface area contributed by atoms with Crippen molar-refractivity contribution < 1.29 is 18.3 Å². The summed E-state index contributed by atoms with van der Waals surface area (Å²) in [5.41, 5.74) is 23.4. The molecule has 3 aliphatic rings. The standard InChI is InChI=1S/C35H36Br2N2.C27H36Br2N2/c1-20(2)25-15-8-12-23(7)31(25)38-33-28-18-9-13-24-14-10-19-29(30(24)28)34(33)39(35(38,36)37)32-26(21(3)4)16-11-17-27(32)22(5)6;1-16(2)22-13-10-12-19(7)25(22)30-20(8)21(9)31(27(30,28)29)26-23(17(3)4)14-11-15-24(26)18(5)6/h8-22H,1-7H3;10-18H,1-9H3/q2*+2. The van der Waals surface area contributed by atoms with Crippen LogP contribution in [0.25, 0.3) is 10.8 Å². The predicted molar refractivity (Wildman–Crippen MR) is 314 cm³/mol. The Morgan fingerprint density at radius 1 is 0.329 bits per heavy atom. The van der Waals surface area contributed by atoms with Crippen LogP contribution in [-0.4, -0.2) is 48.1 Å². The van der Waals surface area contributed by atoms with Crippen molar-refractivity contribution in [2.24, 2.45) is 0 Å². The Morgan fingerprint density at radius 3 is 0.943 bits per heavy atom. The lowest BCUT2D eigenvalue weighted by molar-refractivity contribution is -0.672. The highest BCUT2D eigenvalue weighted by molar-refractivity contribution is 9.25. The highest BCUT2D eigenvalue weighted by Crippen LogP contribution is 2.53. The zero-order chi connectivity index (χ0) is 51.0. The van der Waals surface area contributed by atoms with Crippen LogP contribution in [0.2, 0.25) is 0 Å². The largest absolute Gasteiger partial charge is 0.473 e. The molecule has 6 aromatic carbocycles. The lowest BCUT2D eigenvalue weighted by atomic mass is 9.92. The Hall–Kier alpha value is -3.82. The quantitative estimate of drug-likeness (QED) is 0.0736. The highest BCUT2D eigenvalue weighted by atomic mass is 79.9. The Morgan fingerprint density at radius 2 is 0.586 bits per heavy atom. The molecule has 0 saturated carbocycles. The van der Waals surface area contributed by atoms with E-state index in [1.54, 1.807) is 0 Å². The second-order valence-corrected chi connectivity index (χ2v) is 28.0. The van der Waals surface area contributed by atoms with Crippen LogP contribution in [0.5, 0.6) is 0 Å². The van der Waals surface area contributed by atoms with Crippen molar-refractivity contribution in [1.29, 1.82) is 0 Å². The molecule has 364 valence electrons. The van der Waals surface area contributed by atoms with Gasteiger partial charge >= 0.3 is 6.96 Å². The minimum absolute atomic E-state index is 0.372. The molecule has 0 atom stereocenters. The summed E-state index contributed by atoms with van der Waals surface area (Å²) in [6.45, 7) is 36.4. The van der Waals surface area contributed by atoms with Gasteiger partial charge in [-0.05, 0) is 66.9 Å². The minimum atomic E-state index is -0.704. The van der Waals surface area contributed by atoms with Crippen molar-refractivity contribution in [3.05, 3.63) is 165 Å². The van der Waals surface area contributed by atoms with E-state index in [0.717, 1.165) is 0 Å². The molecule has 70 heavy (non-hydrogen) atoms. The van der Waals surface area contributed by atoms with Gasteiger partial charge in [0.1, 0.15) is 0 Å². The smallest absolute Gasteiger partial charge is 0.105 e. The molecule has 0 bridgehead atoms. The number of aryl methyl sites for hydroxylation is 2. The Kier molecular flexibility index (Phi) is 14.9. The Labute approximate surface area is 452 Å². The summed E-state index contributed by atoms with van der Waals surface area (Å²) in [4.78, 5) is 0. The van der Waals surface area contributed by atoms with Gasteiger partial charge in [0.2, 0.25) is 22.7 Å². The number of hydrogen-bond donors (Lipinski definition) is 0. The van der Waals surface area contributed by atoms with Crippen molar-refractivity contribution in [2.75, 3.05) is 0 Å². The van der Waals surface area contributed by atoms with E-state index in [1.165, 1.54) is 112 Å².